The van der Waals surface area contributed by atoms with Gasteiger partial charge >= 0.3 is 6.18 Å². The van der Waals surface area contributed by atoms with E-state index < -0.39 is 23.2 Å². The first-order valence-corrected chi connectivity index (χ1v) is 10.0. The van der Waals surface area contributed by atoms with Crippen LogP contribution in [0, 0.1) is 0 Å². The normalized spacial score (nSPS) is 14.2. The van der Waals surface area contributed by atoms with Crippen molar-refractivity contribution < 1.29 is 32.2 Å². The van der Waals surface area contributed by atoms with Crippen LogP contribution in [0.5, 0.6) is 11.5 Å². The highest BCUT2D eigenvalue weighted by Gasteiger charge is 2.36. The Labute approximate surface area is 195 Å². The molecular weight excluding hydrogens is 463 g/mol. The summed E-state index contributed by atoms with van der Waals surface area (Å²) >= 11 is 0. The first-order chi connectivity index (χ1) is 15.2. The number of alkyl halides is 3. The van der Waals surface area contributed by atoms with Crippen LogP contribution in [0.4, 0.5) is 13.2 Å². The lowest BCUT2D eigenvalue weighted by Gasteiger charge is -2.23. The molecule has 1 aromatic carbocycles. The number of hydrogen-bond donors (Lipinski definition) is 0. The van der Waals surface area contributed by atoms with Gasteiger partial charge in [-0.25, -0.2) is 0 Å². The SMILES string of the molecule is COc1ccc(CC(=O)N2CCCN(C(=O)c3cnccc3C(F)(F)F)CC2)cc1OC.Cl. The van der Waals surface area contributed by atoms with Crippen LogP contribution in [0.2, 0.25) is 0 Å². The van der Waals surface area contributed by atoms with Gasteiger partial charge in [0.15, 0.2) is 11.5 Å². The molecule has 7 nitrogen and oxygen atoms in total. The third kappa shape index (κ3) is 6.28. The summed E-state index contributed by atoms with van der Waals surface area (Å²) in [4.78, 5) is 32.2. The molecule has 0 atom stereocenters. The van der Waals surface area contributed by atoms with E-state index in [4.69, 9.17) is 9.47 Å². The molecule has 0 saturated carbocycles. The number of carbonyl (C=O) groups is 2. The monoisotopic (exact) mass is 487 g/mol. The lowest BCUT2D eigenvalue weighted by molar-refractivity contribution is -0.138. The number of pyridine rings is 1. The molecule has 2 heterocycles. The number of nitrogens with zero attached hydrogens (tertiary/aromatic N) is 3. The molecule has 0 radical (unpaired) electrons. The Kier molecular flexibility index (Phi) is 8.92. The molecule has 33 heavy (non-hydrogen) atoms. The van der Waals surface area contributed by atoms with Crippen molar-refractivity contribution in [2.75, 3.05) is 40.4 Å². The van der Waals surface area contributed by atoms with Gasteiger partial charge in [-0.1, -0.05) is 6.07 Å². The molecular formula is C22H25ClF3N3O4. The summed E-state index contributed by atoms with van der Waals surface area (Å²) < 4.78 is 50.3. The Hall–Kier alpha value is -3.01. The molecule has 0 spiro atoms. The molecule has 1 aromatic heterocycles. The Morgan fingerprint density at radius 3 is 2.33 bits per heavy atom. The zero-order valence-corrected chi connectivity index (χ0v) is 19.0. The van der Waals surface area contributed by atoms with Crippen LogP contribution in [0.1, 0.15) is 27.9 Å². The van der Waals surface area contributed by atoms with Crippen molar-refractivity contribution in [1.82, 2.24) is 14.8 Å². The largest absolute Gasteiger partial charge is 0.493 e. The zero-order chi connectivity index (χ0) is 23.3. The highest BCUT2D eigenvalue weighted by molar-refractivity contribution is 5.95. The molecule has 1 saturated heterocycles. The Morgan fingerprint density at radius 1 is 1.00 bits per heavy atom. The van der Waals surface area contributed by atoms with Crippen LogP contribution in [0.3, 0.4) is 0 Å². The topological polar surface area (TPSA) is 72.0 Å². The van der Waals surface area contributed by atoms with Gasteiger partial charge in [-0.3, -0.25) is 14.6 Å². The fraction of sp³-hybridized carbons (Fsp3) is 0.409. The zero-order valence-electron chi connectivity index (χ0n) is 18.2. The minimum absolute atomic E-state index is 0. The molecule has 0 N–H and O–H groups in total. The quantitative estimate of drug-likeness (QED) is 0.646. The van der Waals surface area contributed by atoms with Crippen molar-refractivity contribution in [3.05, 3.63) is 53.3 Å². The van der Waals surface area contributed by atoms with Crippen LogP contribution >= 0.6 is 12.4 Å². The Bertz CT molecular complexity index is 988. The number of rotatable bonds is 5. The summed E-state index contributed by atoms with van der Waals surface area (Å²) in [6.45, 7) is 1.04. The van der Waals surface area contributed by atoms with Crippen molar-refractivity contribution in [1.29, 1.82) is 0 Å². The Morgan fingerprint density at radius 2 is 1.67 bits per heavy atom. The third-order valence-corrected chi connectivity index (χ3v) is 5.30. The van der Waals surface area contributed by atoms with Crippen LogP contribution in [0.25, 0.3) is 0 Å². The number of methoxy groups -OCH3 is 2. The smallest absolute Gasteiger partial charge is 0.417 e. The van der Waals surface area contributed by atoms with E-state index in [9.17, 15) is 22.8 Å². The molecule has 0 bridgehead atoms. The van der Waals surface area contributed by atoms with E-state index in [1.54, 1.807) is 23.1 Å². The predicted octanol–water partition coefficient (Wildman–Crippen LogP) is 3.46. The number of ether oxygens (including phenoxy) is 2. The van der Waals surface area contributed by atoms with Crippen LogP contribution in [-0.4, -0.2) is 67.0 Å². The number of carbonyl (C=O) groups excluding carboxylic acids is 2. The number of hydrogen-bond acceptors (Lipinski definition) is 5. The van der Waals surface area contributed by atoms with E-state index in [2.05, 4.69) is 4.98 Å². The molecule has 180 valence electrons. The van der Waals surface area contributed by atoms with Crippen LogP contribution in [0.15, 0.2) is 36.7 Å². The maximum atomic E-state index is 13.3. The van der Waals surface area contributed by atoms with Gasteiger partial charge in [0.25, 0.3) is 5.91 Å². The van der Waals surface area contributed by atoms with Gasteiger partial charge in [-0.05, 0) is 30.2 Å². The van der Waals surface area contributed by atoms with Gasteiger partial charge in [-0.15, -0.1) is 12.4 Å². The van der Waals surface area contributed by atoms with Crippen LogP contribution in [-0.2, 0) is 17.4 Å². The highest BCUT2D eigenvalue weighted by atomic mass is 35.5. The first-order valence-electron chi connectivity index (χ1n) is 10.0. The average molecular weight is 488 g/mol. The average Bonchev–Trinajstić information content (AvgIpc) is 3.04. The van der Waals surface area contributed by atoms with Gasteiger partial charge < -0.3 is 19.3 Å². The van der Waals surface area contributed by atoms with E-state index in [0.29, 0.717) is 24.5 Å². The minimum atomic E-state index is -4.65. The second-order valence-electron chi connectivity index (χ2n) is 7.31. The van der Waals surface area contributed by atoms with Gasteiger partial charge in [0.2, 0.25) is 5.91 Å². The third-order valence-electron chi connectivity index (χ3n) is 5.30. The van der Waals surface area contributed by atoms with Crippen molar-refractivity contribution >= 4 is 24.2 Å². The summed E-state index contributed by atoms with van der Waals surface area (Å²) in [7, 11) is 3.03. The number of aromatic nitrogens is 1. The molecule has 1 fully saturated rings. The van der Waals surface area contributed by atoms with Gasteiger partial charge in [0.05, 0.1) is 31.8 Å². The van der Waals surface area contributed by atoms with Crippen molar-refractivity contribution in [3.63, 3.8) is 0 Å². The summed E-state index contributed by atoms with van der Waals surface area (Å²) in [5.74, 6) is 0.201. The molecule has 2 aromatic rings. The van der Waals surface area contributed by atoms with E-state index >= 15 is 0 Å². The van der Waals surface area contributed by atoms with E-state index in [0.717, 1.165) is 24.0 Å². The van der Waals surface area contributed by atoms with Crippen molar-refractivity contribution in [2.45, 2.75) is 19.0 Å². The minimum Gasteiger partial charge on any atom is -0.493 e. The number of amides is 2. The standard InChI is InChI=1S/C22H24F3N3O4.ClH/c1-31-18-5-4-15(12-19(18)32-2)13-20(29)27-8-3-9-28(11-10-27)21(30)16-14-26-7-6-17(16)22(23,24)25;/h4-7,12,14H,3,8-11,13H2,1-2H3;1H. The van der Waals surface area contributed by atoms with Gasteiger partial charge in [0.1, 0.15) is 0 Å². The molecule has 1 aliphatic heterocycles. The summed E-state index contributed by atoms with van der Waals surface area (Å²) in [6.07, 6.45) is -2.10. The lowest BCUT2D eigenvalue weighted by Crippen LogP contribution is -2.38. The fourth-order valence-electron chi connectivity index (χ4n) is 3.63. The number of halogens is 4. The van der Waals surface area contributed by atoms with E-state index in [1.165, 1.54) is 19.1 Å². The van der Waals surface area contributed by atoms with E-state index in [1.807, 2.05) is 0 Å². The first kappa shape index (κ1) is 26.2. The lowest BCUT2D eigenvalue weighted by atomic mass is 10.1. The predicted molar refractivity (Wildman–Crippen MR) is 117 cm³/mol. The molecule has 3 rings (SSSR count). The van der Waals surface area contributed by atoms with Gasteiger partial charge in [-0.2, -0.15) is 13.2 Å². The summed E-state index contributed by atoms with van der Waals surface area (Å²) in [5.41, 5.74) is -0.747. The summed E-state index contributed by atoms with van der Waals surface area (Å²) in [5, 5.41) is 0. The van der Waals surface area contributed by atoms with E-state index in [-0.39, 0.29) is 44.4 Å². The molecule has 1 aliphatic rings. The summed E-state index contributed by atoms with van der Waals surface area (Å²) in [6, 6.07) is 6.01. The fourth-order valence-corrected chi connectivity index (χ4v) is 3.63. The van der Waals surface area contributed by atoms with Crippen molar-refractivity contribution in [3.8, 4) is 11.5 Å². The molecule has 11 heteroatoms. The maximum absolute atomic E-state index is 13.3. The molecule has 0 unspecified atom stereocenters. The van der Waals surface area contributed by atoms with Gasteiger partial charge in [0, 0.05) is 38.6 Å². The van der Waals surface area contributed by atoms with Crippen molar-refractivity contribution in [2.24, 2.45) is 0 Å². The number of benzene rings is 1. The maximum Gasteiger partial charge on any atom is 0.417 e. The molecule has 2 amide bonds. The second kappa shape index (κ2) is 11.2. The Balaban J connectivity index is 0.00000385. The molecule has 0 aliphatic carbocycles. The second-order valence-corrected chi connectivity index (χ2v) is 7.31. The van der Waals surface area contributed by atoms with Crippen LogP contribution < -0.4 is 9.47 Å². The highest BCUT2D eigenvalue weighted by Crippen LogP contribution is 2.32.